The summed E-state index contributed by atoms with van der Waals surface area (Å²) < 4.78 is 2.74. The van der Waals surface area contributed by atoms with E-state index < -0.39 is 0 Å². The van der Waals surface area contributed by atoms with Gasteiger partial charge in [0.15, 0.2) is 5.65 Å². The molecule has 0 aromatic carbocycles. The van der Waals surface area contributed by atoms with E-state index in [2.05, 4.69) is 31.2 Å². The van der Waals surface area contributed by atoms with E-state index in [4.69, 9.17) is 0 Å². The first-order chi connectivity index (χ1) is 8.25. The molecule has 0 unspecified atom stereocenters. The van der Waals surface area contributed by atoms with Crippen LogP contribution in [0.4, 0.5) is 0 Å². The molecule has 0 bridgehead atoms. The smallest absolute Gasteiger partial charge is 0.317 e. The van der Waals surface area contributed by atoms with Crippen molar-refractivity contribution in [2.24, 2.45) is 0 Å². The summed E-state index contributed by atoms with van der Waals surface area (Å²) in [6, 6.07) is 2.22. The molecule has 2 aromatic heterocycles. The summed E-state index contributed by atoms with van der Waals surface area (Å²) in [4.78, 5) is 19.0. The van der Waals surface area contributed by atoms with Crippen LogP contribution >= 0.6 is 40.7 Å². The molecule has 1 fully saturated rings. The Morgan fingerprint density at radius 2 is 2.00 bits per heavy atom. The first-order valence-electron chi connectivity index (χ1n) is 5.72. The number of imidazole rings is 1. The summed E-state index contributed by atoms with van der Waals surface area (Å²) in [5.41, 5.74) is 1.49. The van der Waals surface area contributed by atoms with Gasteiger partial charge in [0, 0.05) is 16.7 Å². The number of aromatic nitrogens is 3. The van der Waals surface area contributed by atoms with Crippen LogP contribution in [0.3, 0.4) is 0 Å². The normalized spacial score (nSPS) is 15.8. The average Bonchev–Trinajstić information content (AvgIpc) is 2.65. The summed E-state index contributed by atoms with van der Waals surface area (Å²) >= 11 is 3.40. The standard InChI is InChI=1S/C11H13BrN4O.2ClH/c12-7-5-9-10(14-6-7)15-11(17)16(9)8-1-3-13-4-2-8;;/h5-6,8,13H,1-4H2,(H,14,15,17);2*1H. The summed E-state index contributed by atoms with van der Waals surface area (Å²) in [7, 11) is 0. The molecule has 2 aromatic rings. The Hall–Kier alpha value is -0.560. The van der Waals surface area contributed by atoms with Crippen LogP contribution in [0, 0.1) is 0 Å². The molecule has 1 aliphatic heterocycles. The van der Waals surface area contributed by atoms with Crippen LogP contribution in [0.25, 0.3) is 11.2 Å². The molecule has 0 atom stereocenters. The van der Waals surface area contributed by atoms with Gasteiger partial charge in [0.25, 0.3) is 0 Å². The first-order valence-corrected chi connectivity index (χ1v) is 6.51. The highest BCUT2D eigenvalue weighted by Crippen LogP contribution is 2.22. The Morgan fingerprint density at radius 1 is 1.32 bits per heavy atom. The van der Waals surface area contributed by atoms with Crippen molar-refractivity contribution in [1.29, 1.82) is 0 Å². The van der Waals surface area contributed by atoms with Crippen molar-refractivity contribution >= 4 is 51.9 Å². The zero-order valence-corrected chi connectivity index (χ0v) is 13.3. The highest BCUT2D eigenvalue weighted by Gasteiger charge is 2.19. The van der Waals surface area contributed by atoms with Gasteiger partial charge < -0.3 is 5.32 Å². The molecule has 1 saturated heterocycles. The molecule has 0 amide bonds. The number of piperidine rings is 1. The third-order valence-electron chi connectivity index (χ3n) is 3.21. The molecular weight excluding hydrogens is 355 g/mol. The highest BCUT2D eigenvalue weighted by atomic mass is 79.9. The molecule has 5 nitrogen and oxygen atoms in total. The number of fused-ring (bicyclic) bond motifs is 1. The van der Waals surface area contributed by atoms with Crippen LogP contribution in [-0.4, -0.2) is 27.6 Å². The van der Waals surface area contributed by atoms with Gasteiger partial charge in [-0.2, -0.15) is 0 Å². The average molecular weight is 370 g/mol. The van der Waals surface area contributed by atoms with Crippen molar-refractivity contribution in [2.45, 2.75) is 18.9 Å². The van der Waals surface area contributed by atoms with Crippen LogP contribution in [-0.2, 0) is 0 Å². The van der Waals surface area contributed by atoms with Crippen molar-refractivity contribution in [3.63, 3.8) is 0 Å². The maximum absolute atomic E-state index is 12.0. The Balaban J connectivity index is 0.000000902. The number of halogens is 3. The molecule has 1 aliphatic rings. The van der Waals surface area contributed by atoms with Crippen molar-refractivity contribution in [3.05, 3.63) is 27.2 Å². The number of hydrogen-bond acceptors (Lipinski definition) is 3. The maximum Gasteiger partial charge on any atom is 0.327 e. The molecule has 0 radical (unpaired) electrons. The van der Waals surface area contributed by atoms with Crippen molar-refractivity contribution in [2.75, 3.05) is 13.1 Å². The number of nitrogens with one attached hydrogen (secondary N) is 2. The molecule has 19 heavy (non-hydrogen) atoms. The Kier molecular flexibility index (Phi) is 5.85. The second-order valence-electron chi connectivity index (χ2n) is 4.30. The largest absolute Gasteiger partial charge is 0.327 e. The van der Waals surface area contributed by atoms with E-state index in [1.807, 2.05) is 10.6 Å². The van der Waals surface area contributed by atoms with Gasteiger partial charge in [0.2, 0.25) is 0 Å². The van der Waals surface area contributed by atoms with Crippen LogP contribution in [0.2, 0.25) is 0 Å². The van der Waals surface area contributed by atoms with Gasteiger partial charge in [0.05, 0.1) is 5.52 Å². The zero-order chi connectivity index (χ0) is 11.8. The predicted molar refractivity (Wildman–Crippen MR) is 83.7 cm³/mol. The van der Waals surface area contributed by atoms with E-state index in [0.717, 1.165) is 35.9 Å². The number of nitrogens with zero attached hydrogens (tertiary/aromatic N) is 2. The molecule has 0 spiro atoms. The Labute approximate surface area is 131 Å². The summed E-state index contributed by atoms with van der Waals surface area (Å²) in [6.07, 6.45) is 3.67. The maximum atomic E-state index is 12.0. The topological polar surface area (TPSA) is 62.7 Å². The molecule has 2 N–H and O–H groups in total. The summed E-state index contributed by atoms with van der Waals surface area (Å²) in [5.74, 6) is 0. The van der Waals surface area contributed by atoms with E-state index >= 15 is 0 Å². The number of aromatic amines is 1. The molecule has 106 valence electrons. The first kappa shape index (κ1) is 16.5. The van der Waals surface area contributed by atoms with Crippen LogP contribution in [0.15, 0.2) is 21.5 Å². The molecule has 3 rings (SSSR count). The number of pyridine rings is 1. The van der Waals surface area contributed by atoms with Crippen LogP contribution in [0.1, 0.15) is 18.9 Å². The quantitative estimate of drug-likeness (QED) is 0.810. The lowest BCUT2D eigenvalue weighted by atomic mass is 10.1. The molecular formula is C11H15BrCl2N4O. The summed E-state index contributed by atoms with van der Waals surface area (Å²) in [6.45, 7) is 1.93. The minimum Gasteiger partial charge on any atom is -0.317 e. The molecule has 0 saturated carbocycles. The number of rotatable bonds is 1. The minimum atomic E-state index is -0.0579. The SMILES string of the molecule is Cl.Cl.O=c1[nH]c2ncc(Br)cc2n1C1CCNCC1. The molecule has 0 aliphatic carbocycles. The third kappa shape index (κ3) is 3.13. The fourth-order valence-electron chi connectivity index (χ4n) is 2.41. The van der Waals surface area contributed by atoms with Gasteiger partial charge in [-0.1, -0.05) is 0 Å². The monoisotopic (exact) mass is 368 g/mol. The lowest BCUT2D eigenvalue weighted by molar-refractivity contribution is 0.368. The zero-order valence-electron chi connectivity index (χ0n) is 10.1. The highest BCUT2D eigenvalue weighted by molar-refractivity contribution is 9.10. The Morgan fingerprint density at radius 3 is 2.68 bits per heavy atom. The number of hydrogen-bond donors (Lipinski definition) is 2. The lowest BCUT2D eigenvalue weighted by Gasteiger charge is -2.23. The Bertz CT molecular complexity index is 606. The fourth-order valence-corrected chi connectivity index (χ4v) is 2.73. The predicted octanol–water partition coefficient (Wildman–Crippen LogP) is 2.26. The van der Waals surface area contributed by atoms with E-state index in [0.29, 0.717) is 5.65 Å². The lowest BCUT2D eigenvalue weighted by Crippen LogP contribution is -2.33. The fraction of sp³-hybridized carbons (Fsp3) is 0.455. The van der Waals surface area contributed by atoms with Gasteiger partial charge in [0.1, 0.15) is 0 Å². The summed E-state index contributed by atoms with van der Waals surface area (Å²) in [5, 5.41) is 3.31. The van der Waals surface area contributed by atoms with Crippen molar-refractivity contribution in [1.82, 2.24) is 19.9 Å². The van der Waals surface area contributed by atoms with E-state index in [9.17, 15) is 4.79 Å². The van der Waals surface area contributed by atoms with Crippen molar-refractivity contribution < 1.29 is 0 Å². The number of H-pyrrole nitrogens is 1. The second-order valence-corrected chi connectivity index (χ2v) is 5.22. The third-order valence-corrected chi connectivity index (χ3v) is 3.65. The van der Waals surface area contributed by atoms with Gasteiger partial charge in [-0.3, -0.25) is 9.55 Å². The van der Waals surface area contributed by atoms with Crippen LogP contribution in [0.5, 0.6) is 0 Å². The van der Waals surface area contributed by atoms with Gasteiger partial charge in [-0.25, -0.2) is 9.78 Å². The van der Waals surface area contributed by atoms with E-state index in [1.54, 1.807) is 6.20 Å². The van der Waals surface area contributed by atoms with Gasteiger partial charge in [-0.15, -0.1) is 24.8 Å². The molecule has 8 heteroatoms. The van der Waals surface area contributed by atoms with Crippen molar-refractivity contribution in [3.8, 4) is 0 Å². The molecule has 3 heterocycles. The van der Waals surface area contributed by atoms with Crippen LogP contribution < -0.4 is 11.0 Å². The van der Waals surface area contributed by atoms with Gasteiger partial charge in [-0.05, 0) is 47.9 Å². The van der Waals surface area contributed by atoms with Gasteiger partial charge >= 0.3 is 5.69 Å². The van der Waals surface area contributed by atoms with E-state index in [1.165, 1.54) is 0 Å². The minimum absolute atomic E-state index is 0. The van der Waals surface area contributed by atoms with E-state index in [-0.39, 0.29) is 36.5 Å². The second kappa shape index (κ2) is 6.74.